The lowest BCUT2D eigenvalue weighted by Gasteiger charge is -2.26. The summed E-state index contributed by atoms with van der Waals surface area (Å²) in [6, 6.07) is 6.41. The Bertz CT molecular complexity index is 755. The fourth-order valence-electron chi connectivity index (χ4n) is 2.78. The average molecular weight is 451 g/mol. The third kappa shape index (κ3) is 9.55. The summed E-state index contributed by atoms with van der Waals surface area (Å²) >= 11 is 0. The summed E-state index contributed by atoms with van der Waals surface area (Å²) in [5.41, 5.74) is 4.49. The van der Waals surface area contributed by atoms with Crippen LogP contribution >= 0.6 is 0 Å². The van der Waals surface area contributed by atoms with Gasteiger partial charge in [0, 0.05) is 12.0 Å². The van der Waals surface area contributed by atoms with E-state index in [0.717, 1.165) is 12.8 Å². The molecule has 0 aromatic heterocycles. The van der Waals surface area contributed by atoms with Crippen LogP contribution in [-0.2, 0) is 23.9 Å². The number of hydrogen-bond donors (Lipinski definition) is 2. The summed E-state index contributed by atoms with van der Waals surface area (Å²) in [6.45, 7) is 5.92. The number of carbonyl (C=O) groups excluding carboxylic acids is 3. The minimum atomic E-state index is -0.609. The van der Waals surface area contributed by atoms with Crippen molar-refractivity contribution < 1.29 is 33.3 Å². The third-order valence-corrected chi connectivity index (χ3v) is 4.91. The summed E-state index contributed by atoms with van der Waals surface area (Å²) in [7, 11) is 0. The number of rotatable bonds is 13. The van der Waals surface area contributed by atoms with Gasteiger partial charge in [0.2, 0.25) is 5.91 Å². The summed E-state index contributed by atoms with van der Waals surface area (Å²) in [5, 5.41) is 2.81. The predicted octanol–water partition coefficient (Wildman–Crippen LogP) is 1.82. The van der Waals surface area contributed by atoms with Gasteiger partial charge >= 0.3 is 5.97 Å². The van der Waals surface area contributed by atoms with Crippen LogP contribution in [0.2, 0.25) is 0 Å². The summed E-state index contributed by atoms with van der Waals surface area (Å²) in [5.74, 6) is 0.185. The Kier molecular flexibility index (Phi) is 9.77. The number of benzene rings is 1. The smallest absolute Gasteiger partial charge is 0.344 e. The number of nitrogens with one attached hydrogen (secondary N) is 1. The van der Waals surface area contributed by atoms with E-state index < -0.39 is 23.4 Å². The second-order valence-corrected chi connectivity index (χ2v) is 8.92. The van der Waals surface area contributed by atoms with Gasteiger partial charge in [-0.2, -0.15) is 0 Å². The van der Waals surface area contributed by atoms with Crippen molar-refractivity contribution in [2.75, 3.05) is 33.0 Å². The first-order valence-corrected chi connectivity index (χ1v) is 10.8. The van der Waals surface area contributed by atoms with Crippen molar-refractivity contribution in [1.29, 1.82) is 0 Å². The Morgan fingerprint density at radius 3 is 2.16 bits per heavy atom. The van der Waals surface area contributed by atoms with E-state index in [1.165, 1.54) is 6.42 Å². The molecular weight excluding hydrogens is 416 g/mol. The number of esters is 1. The van der Waals surface area contributed by atoms with Crippen LogP contribution in [0.3, 0.4) is 0 Å². The van der Waals surface area contributed by atoms with Gasteiger partial charge in [-0.1, -0.05) is 27.2 Å². The zero-order valence-electron chi connectivity index (χ0n) is 19.1. The highest BCUT2D eigenvalue weighted by atomic mass is 16.6. The van der Waals surface area contributed by atoms with Crippen molar-refractivity contribution in [3.05, 3.63) is 24.3 Å². The molecule has 1 saturated carbocycles. The first-order chi connectivity index (χ1) is 15.1. The predicted molar refractivity (Wildman–Crippen MR) is 117 cm³/mol. The average Bonchev–Trinajstić information content (AvgIpc) is 2.70. The van der Waals surface area contributed by atoms with Gasteiger partial charge in [-0.3, -0.25) is 9.59 Å². The Labute approximate surface area is 188 Å². The van der Waals surface area contributed by atoms with Crippen LogP contribution < -0.4 is 20.5 Å². The van der Waals surface area contributed by atoms with E-state index in [1.54, 1.807) is 24.3 Å². The first kappa shape index (κ1) is 25.5. The fourth-order valence-corrected chi connectivity index (χ4v) is 2.78. The van der Waals surface area contributed by atoms with Gasteiger partial charge in [-0.15, -0.1) is 0 Å². The summed E-state index contributed by atoms with van der Waals surface area (Å²) < 4.78 is 21.8. The lowest BCUT2D eigenvalue weighted by molar-refractivity contribution is -0.155. The van der Waals surface area contributed by atoms with E-state index in [-0.39, 0.29) is 32.3 Å². The van der Waals surface area contributed by atoms with Crippen LogP contribution in [0, 0.1) is 11.3 Å². The molecule has 9 nitrogen and oxygen atoms in total. The maximum Gasteiger partial charge on any atom is 0.344 e. The number of nitrogens with two attached hydrogens (primary N) is 1. The van der Waals surface area contributed by atoms with E-state index >= 15 is 0 Å². The Hall–Kier alpha value is -2.81. The number of primary amides is 1. The maximum absolute atomic E-state index is 12.3. The molecular formula is C23H34N2O7. The van der Waals surface area contributed by atoms with E-state index in [9.17, 15) is 14.4 Å². The molecule has 9 heteroatoms. The van der Waals surface area contributed by atoms with Gasteiger partial charge in [-0.25, -0.2) is 4.79 Å². The molecule has 1 unspecified atom stereocenters. The number of carbonyl (C=O) groups is 3. The third-order valence-electron chi connectivity index (χ3n) is 4.91. The molecule has 1 aliphatic rings. The molecule has 1 atom stereocenters. The van der Waals surface area contributed by atoms with Crippen LogP contribution in [0.4, 0.5) is 0 Å². The SMILES string of the molecule is CC(C)(C)C(=O)NCC(COCC1CCC1)OC(=O)COc1ccc(OCC(N)=O)cc1. The van der Waals surface area contributed by atoms with Crippen molar-refractivity contribution >= 4 is 17.8 Å². The molecule has 1 aromatic carbocycles. The fraction of sp³-hybridized carbons (Fsp3) is 0.609. The maximum atomic E-state index is 12.3. The minimum Gasteiger partial charge on any atom is -0.484 e. The highest BCUT2D eigenvalue weighted by Gasteiger charge is 2.24. The molecule has 0 heterocycles. The molecule has 2 rings (SSSR count). The molecule has 0 aliphatic heterocycles. The van der Waals surface area contributed by atoms with E-state index in [1.807, 2.05) is 20.8 Å². The highest BCUT2D eigenvalue weighted by molar-refractivity contribution is 5.81. The quantitative estimate of drug-likeness (QED) is 0.439. The molecule has 2 amide bonds. The molecule has 1 aliphatic carbocycles. The van der Waals surface area contributed by atoms with Crippen LogP contribution in [-0.4, -0.2) is 56.9 Å². The van der Waals surface area contributed by atoms with Crippen molar-refractivity contribution in [2.45, 2.75) is 46.1 Å². The second kappa shape index (κ2) is 12.3. The summed E-state index contributed by atoms with van der Waals surface area (Å²) in [4.78, 5) is 35.2. The molecule has 0 saturated heterocycles. The number of hydrogen-bond acceptors (Lipinski definition) is 7. The molecule has 178 valence electrons. The van der Waals surface area contributed by atoms with E-state index in [4.69, 9.17) is 24.7 Å². The van der Waals surface area contributed by atoms with Crippen LogP contribution in [0.5, 0.6) is 11.5 Å². The molecule has 0 bridgehead atoms. The van der Waals surface area contributed by atoms with Gasteiger partial charge in [0.25, 0.3) is 5.91 Å². The molecule has 3 N–H and O–H groups in total. The van der Waals surface area contributed by atoms with E-state index in [2.05, 4.69) is 5.32 Å². The second-order valence-electron chi connectivity index (χ2n) is 8.92. The van der Waals surface area contributed by atoms with Crippen LogP contribution in [0.25, 0.3) is 0 Å². The lowest BCUT2D eigenvalue weighted by atomic mass is 9.86. The molecule has 32 heavy (non-hydrogen) atoms. The largest absolute Gasteiger partial charge is 0.484 e. The lowest BCUT2D eigenvalue weighted by Crippen LogP contribution is -2.42. The van der Waals surface area contributed by atoms with Crippen molar-refractivity contribution in [3.8, 4) is 11.5 Å². The van der Waals surface area contributed by atoms with Crippen LogP contribution in [0.15, 0.2) is 24.3 Å². The van der Waals surface area contributed by atoms with Crippen LogP contribution in [0.1, 0.15) is 40.0 Å². The minimum absolute atomic E-state index is 0.132. The van der Waals surface area contributed by atoms with Gasteiger partial charge in [0.15, 0.2) is 13.2 Å². The normalized spacial score (nSPS) is 14.7. The van der Waals surface area contributed by atoms with Crippen molar-refractivity contribution in [2.24, 2.45) is 17.1 Å². The van der Waals surface area contributed by atoms with Gasteiger partial charge < -0.3 is 30.0 Å². The Balaban J connectivity index is 1.80. The number of amides is 2. The zero-order chi connectivity index (χ0) is 23.6. The molecule has 1 fully saturated rings. The molecule has 0 radical (unpaired) electrons. The monoisotopic (exact) mass is 450 g/mol. The molecule has 1 aromatic rings. The van der Waals surface area contributed by atoms with Gasteiger partial charge in [-0.05, 0) is 43.0 Å². The van der Waals surface area contributed by atoms with Gasteiger partial charge in [0.05, 0.1) is 13.2 Å². The van der Waals surface area contributed by atoms with Crippen molar-refractivity contribution in [1.82, 2.24) is 5.32 Å². The standard InChI is InChI=1S/C23H34N2O7/c1-23(2,3)22(28)25-11-19(13-29-12-16-5-4-6-16)32-21(27)15-31-18-9-7-17(8-10-18)30-14-20(24)26/h7-10,16,19H,4-6,11-15H2,1-3H3,(H2,24,26)(H,25,28). The zero-order valence-corrected chi connectivity index (χ0v) is 19.1. The topological polar surface area (TPSA) is 126 Å². The number of ether oxygens (including phenoxy) is 4. The highest BCUT2D eigenvalue weighted by Crippen LogP contribution is 2.26. The van der Waals surface area contributed by atoms with Crippen molar-refractivity contribution in [3.63, 3.8) is 0 Å². The summed E-state index contributed by atoms with van der Waals surface area (Å²) in [6.07, 6.45) is 2.93. The Morgan fingerprint density at radius 1 is 1.06 bits per heavy atom. The van der Waals surface area contributed by atoms with E-state index in [0.29, 0.717) is 24.0 Å². The molecule has 0 spiro atoms. The van der Waals surface area contributed by atoms with Gasteiger partial charge in [0.1, 0.15) is 17.6 Å². The first-order valence-electron chi connectivity index (χ1n) is 10.8. The Morgan fingerprint density at radius 2 is 1.66 bits per heavy atom.